The van der Waals surface area contributed by atoms with E-state index in [4.69, 9.17) is 4.74 Å². The van der Waals surface area contributed by atoms with Crippen LogP contribution in [0.15, 0.2) is 103 Å². The number of aromatic hydroxyl groups is 1. The van der Waals surface area contributed by atoms with Gasteiger partial charge in [0.2, 0.25) is 0 Å². The second-order valence-corrected chi connectivity index (χ2v) is 15.6. The number of piperazine rings is 1. The topological polar surface area (TPSA) is 116 Å². The summed E-state index contributed by atoms with van der Waals surface area (Å²) in [6, 6.07) is 34.4. The Bertz CT molecular complexity index is 2250. The molecule has 0 spiro atoms. The Morgan fingerprint density at radius 3 is 2.29 bits per heavy atom. The van der Waals surface area contributed by atoms with Crippen molar-refractivity contribution in [3.63, 3.8) is 0 Å². The van der Waals surface area contributed by atoms with E-state index in [1.165, 1.54) is 22.3 Å². The Morgan fingerprint density at radius 2 is 1.52 bits per heavy atom. The van der Waals surface area contributed by atoms with Crippen molar-refractivity contribution in [2.45, 2.75) is 69.7 Å². The lowest BCUT2D eigenvalue weighted by atomic mass is 9.69. The molecule has 0 bridgehead atoms. The molecule has 3 heterocycles. The monoisotopic (exact) mass is 747 g/mol. The van der Waals surface area contributed by atoms with Crippen molar-refractivity contribution in [2.75, 3.05) is 31.1 Å². The van der Waals surface area contributed by atoms with Gasteiger partial charge in [0.25, 0.3) is 5.91 Å². The van der Waals surface area contributed by atoms with Gasteiger partial charge in [-0.2, -0.15) is 10.2 Å². The maximum atomic E-state index is 13.1. The Balaban J connectivity index is 0.775. The maximum absolute atomic E-state index is 13.1. The number of hydrogen-bond acceptors (Lipinski definition) is 9. The zero-order chi connectivity index (χ0) is 38.2. The average molecular weight is 748 g/mol. The molecule has 56 heavy (non-hydrogen) atoms. The number of hydrogen-bond donors (Lipinski definition) is 1. The first-order valence-electron chi connectivity index (χ1n) is 19.7. The molecule has 1 saturated heterocycles. The quantitative estimate of drug-likeness (QED) is 0.167. The third-order valence-electron chi connectivity index (χ3n) is 12.1. The molecule has 1 N–H and O–H groups in total. The second kappa shape index (κ2) is 15.3. The number of fused-ring (bicyclic) bond motifs is 2. The summed E-state index contributed by atoms with van der Waals surface area (Å²) in [5, 5.41) is 19.2. The Labute approximate surface area is 326 Å². The van der Waals surface area contributed by atoms with Crippen LogP contribution in [0.5, 0.6) is 11.5 Å². The lowest BCUT2D eigenvalue weighted by Crippen LogP contribution is -2.46. The van der Waals surface area contributed by atoms with Crippen LogP contribution in [0, 0.1) is 0 Å². The van der Waals surface area contributed by atoms with E-state index in [0.717, 1.165) is 67.4 Å². The number of aryl methyl sites for hydroxylation is 1. The minimum Gasteiger partial charge on any atom is -0.508 e. The van der Waals surface area contributed by atoms with E-state index in [2.05, 4.69) is 74.6 Å². The summed E-state index contributed by atoms with van der Waals surface area (Å²) in [6.07, 6.45) is 2.67. The van der Waals surface area contributed by atoms with E-state index in [1.807, 2.05) is 42.5 Å². The smallest absolute Gasteiger partial charge is 0.255 e. The molecule has 1 unspecified atom stereocenters. The first kappa shape index (κ1) is 35.8. The minimum absolute atomic E-state index is 0.0345. The molecule has 9 rings (SSSR count). The summed E-state index contributed by atoms with van der Waals surface area (Å²) >= 11 is 0. The number of carbonyl (C=O) groups is 3. The SMILES string of the molecule is O=C1CCC(N2Cc3cc(N4CCN(Cc5ccc(COc6ccc([C@@H]7c8ccc(O)cc8CC[C@@H]7c7ccccc7)cc6)nn5)CC4)ccc3C2=O)C(=O)C1. The van der Waals surface area contributed by atoms with Gasteiger partial charge in [0.15, 0.2) is 5.78 Å². The molecule has 0 radical (unpaired) electrons. The maximum Gasteiger partial charge on any atom is 0.255 e. The molecule has 3 atom stereocenters. The van der Waals surface area contributed by atoms with Gasteiger partial charge in [-0.15, -0.1) is 0 Å². The van der Waals surface area contributed by atoms with Crippen molar-refractivity contribution < 1.29 is 24.2 Å². The molecule has 1 amide bonds. The standard InChI is InChI=1S/C46H45N5O5/c52-37-12-18-41-32(25-37)8-16-40(30-4-2-1-3-5-30)45(41)31-6-14-39(15-7-31)56-29-35-10-9-34(47-48-35)28-49-20-22-50(23-21-49)36-11-17-42-33(24-36)27-51(46(42)55)43-19-13-38(53)26-44(43)54/h1-7,9-12,14-15,17-18,24-25,40,43,45,52H,8,13,16,19-23,26-29H2/t40-,43?,45+/m1/s1. The molecule has 2 aliphatic heterocycles. The van der Waals surface area contributed by atoms with Gasteiger partial charge in [0.1, 0.15) is 29.6 Å². The molecule has 2 fully saturated rings. The average Bonchev–Trinajstić information content (AvgIpc) is 3.55. The van der Waals surface area contributed by atoms with Gasteiger partial charge in [-0.05, 0) is 108 Å². The normalized spacial score (nSPS) is 21.2. The van der Waals surface area contributed by atoms with E-state index >= 15 is 0 Å². The number of rotatable bonds is 9. The number of ether oxygens (including phenoxy) is 1. The molecule has 2 aliphatic carbocycles. The summed E-state index contributed by atoms with van der Waals surface area (Å²) in [5.41, 5.74) is 9.41. The van der Waals surface area contributed by atoms with Crippen molar-refractivity contribution in [2.24, 2.45) is 0 Å². The first-order chi connectivity index (χ1) is 27.4. The van der Waals surface area contributed by atoms with Gasteiger partial charge in [0, 0.05) is 62.9 Å². The van der Waals surface area contributed by atoms with Crippen LogP contribution in [0.2, 0.25) is 0 Å². The molecule has 284 valence electrons. The number of anilines is 1. The Morgan fingerprint density at radius 1 is 0.732 bits per heavy atom. The van der Waals surface area contributed by atoms with Crippen LogP contribution >= 0.6 is 0 Å². The van der Waals surface area contributed by atoms with Gasteiger partial charge in [-0.1, -0.05) is 48.5 Å². The van der Waals surface area contributed by atoms with Crippen molar-refractivity contribution >= 4 is 23.2 Å². The molecule has 5 aromatic rings. The van der Waals surface area contributed by atoms with E-state index in [1.54, 1.807) is 11.0 Å². The number of benzene rings is 4. The lowest BCUT2D eigenvalue weighted by molar-refractivity contribution is -0.133. The number of carbonyl (C=O) groups excluding carboxylic acids is 3. The summed E-state index contributed by atoms with van der Waals surface area (Å²) in [5.74, 6) is 1.34. The predicted octanol–water partition coefficient (Wildman–Crippen LogP) is 6.59. The number of amides is 1. The molecule has 1 saturated carbocycles. The number of Topliss-reactive ketones (excluding diaryl/α,β-unsaturated/α-hetero) is 2. The van der Waals surface area contributed by atoms with Crippen LogP contribution in [0.4, 0.5) is 5.69 Å². The molecular weight excluding hydrogens is 703 g/mol. The highest BCUT2D eigenvalue weighted by atomic mass is 16.5. The van der Waals surface area contributed by atoms with Crippen LogP contribution in [-0.2, 0) is 35.7 Å². The van der Waals surface area contributed by atoms with Crippen LogP contribution in [-0.4, -0.2) is 74.8 Å². The van der Waals surface area contributed by atoms with Crippen LogP contribution in [0.1, 0.15) is 87.1 Å². The van der Waals surface area contributed by atoms with Crippen molar-refractivity contribution in [3.05, 3.63) is 148 Å². The van der Waals surface area contributed by atoms with Gasteiger partial charge in [-0.25, -0.2) is 0 Å². The Hall–Kier alpha value is -5.87. The third kappa shape index (κ3) is 7.29. The van der Waals surface area contributed by atoms with Crippen LogP contribution in [0.3, 0.4) is 0 Å². The van der Waals surface area contributed by atoms with E-state index < -0.39 is 6.04 Å². The predicted molar refractivity (Wildman–Crippen MR) is 212 cm³/mol. The van der Waals surface area contributed by atoms with Gasteiger partial charge >= 0.3 is 0 Å². The largest absolute Gasteiger partial charge is 0.508 e. The molecule has 4 aliphatic rings. The highest BCUT2D eigenvalue weighted by Crippen LogP contribution is 2.47. The number of phenolic OH excluding ortho intramolecular Hbond substituents is 1. The van der Waals surface area contributed by atoms with E-state index in [9.17, 15) is 19.5 Å². The Kier molecular flexibility index (Phi) is 9.81. The third-order valence-corrected chi connectivity index (χ3v) is 12.1. The second-order valence-electron chi connectivity index (χ2n) is 15.6. The fourth-order valence-corrected chi connectivity index (χ4v) is 9.12. The highest BCUT2D eigenvalue weighted by Gasteiger charge is 2.39. The summed E-state index contributed by atoms with van der Waals surface area (Å²) < 4.78 is 6.15. The lowest BCUT2D eigenvalue weighted by Gasteiger charge is -2.36. The summed E-state index contributed by atoms with van der Waals surface area (Å²) in [6.45, 7) is 4.89. The van der Waals surface area contributed by atoms with Crippen molar-refractivity contribution in [1.29, 1.82) is 0 Å². The molecule has 4 aromatic carbocycles. The van der Waals surface area contributed by atoms with Gasteiger partial charge in [-0.3, -0.25) is 19.3 Å². The minimum atomic E-state index is -0.500. The van der Waals surface area contributed by atoms with Crippen LogP contribution in [0.25, 0.3) is 0 Å². The zero-order valence-corrected chi connectivity index (χ0v) is 31.3. The molecular formula is C46H45N5O5. The molecule has 10 nitrogen and oxygen atoms in total. The van der Waals surface area contributed by atoms with E-state index in [0.29, 0.717) is 49.8 Å². The number of ketones is 2. The molecule has 1 aromatic heterocycles. The summed E-state index contributed by atoms with van der Waals surface area (Å²) in [4.78, 5) is 43.8. The highest BCUT2D eigenvalue weighted by molar-refractivity contribution is 6.07. The molecule has 10 heteroatoms. The summed E-state index contributed by atoms with van der Waals surface area (Å²) in [7, 11) is 0. The van der Waals surface area contributed by atoms with Crippen molar-refractivity contribution in [1.82, 2.24) is 20.0 Å². The van der Waals surface area contributed by atoms with Crippen molar-refractivity contribution in [3.8, 4) is 11.5 Å². The van der Waals surface area contributed by atoms with E-state index in [-0.39, 0.29) is 29.8 Å². The first-order valence-corrected chi connectivity index (χ1v) is 19.7. The fraction of sp³-hybridized carbons (Fsp3) is 0.326. The van der Waals surface area contributed by atoms with Gasteiger partial charge < -0.3 is 19.6 Å². The number of phenols is 1. The van der Waals surface area contributed by atoms with Gasteiger partial charge in [0.05, 0.1) is 18.2 Å². The zero-order valence-electron chi connectivity index (χ0n) is 31.3. The number of aromatic nitrogens is 2. The fourth-order valence-electron chi connectivity index (χ4n) is 9.12. The number of nitrogens with zero attached hydrogens (tertiary/aromatic N) is 5. The van der Waals surface area contributed by atoms with Crippen LogP contribution < -0.4 is 9.64 Å².